The number of aliphatic hydroxyl groups is 1. The number of nitrogens with one attached hydrogen (secondary N) is 1. The van der Waals surface area contributed by atoms with Crippen LogP contribution in [0.5, 0.6) is 0 Å². The first-order chi connectivity index (χ1) is 9.52. The number of hydrogen-bond donors (Lipinski definition) is 2. The Bertz CT molecular complexity index is 588. The molecule has 2 aromatic carbocycles. The number of aliphatic hydroxyl groups excluding tert-OH is 1. The van der Waals surface area contributed by atoms with Crippen LogP contribution in [0.2, 0.25) is 0 Å². The van der Waals surface area contributed by atoms with Crippen LogP contribution in [0.3, 0.4) is 0 Å². The van der Waals surface area contributed by atoms with Gasteiger partial charge in [0.15, 0.2) is 0 Å². The van der Waals surface area contributed by atoms with Crippen LogP contribution < -0.4 is 5.32 Å². The summed E-state index contributed by atoms with van der Waals surface area (Å²) in [5.41, 5.74) is 0.293. The molecule has 0 heterocycles. The van der Waals surface area contributed by atoms with Crippen molar-refractivity contribution in [3.8, 4) is 0 Å². The smallest absolute Gasteiger partial charge is 0.146 e. The van der Waals surface area contributed by atoms with Gasteiger partial charge in [-0.25, -0.2) is 8.78 Å². The SMILES string of the molecule is CC(CO)(Cc1cccc(F)c1)Nc1ccccc1F. The summed E-state index contributed by atoms with van der Waals surface area (Å²) in [6.07, 6.45) is 0.385. The number of rotatable bonds is 5. The van der Waals surface area contributed by atoms with E-state index in [0.29, 0.717) is 12.1 Å². The predicted molar refractivity (Wildman–Crippen MR) is 75.6 cm³/mol. The Labute approximate surface area is 117 Å². The Kier molecular flexibility index (Phi) is 4.35. The van der Waals surface area contributed by atoms with Crippen molar-refractivity contribution in [3.05, 3.63) is 65.7 Å². The molecule has 2 rings (SSSR count). The number of anilines is 1. The second-order valence-corrected chi connectivity index (χ2v) is 5.13. The Morgan fingerprint density at radius 3 is 2.50 bits per heavy atom. The zero-order valence-corrected chi connectivity index (χ0v) is 11.2. The summed E-state index contributed by atoms with van der Waals surface area (Å²) in [4.78, 5) is 0. The van der Waals surface area contributed by atoms with Gasteiger partial charge in [0.2, 0.25) is 0 Å². The van der Waals surface area contributed by atoms with E-state index in [1.807, 2.05) is 0 Å². The second kappa shape index (κ2) is 6.01. The van der Waals surface area contributed by atoms with Crippen LogP contribution in [-0.2, 0) is 6.42 Å². The van der Waals surface area contributed by atoms with E-state index in [1.54, 1.807) is 37.3 Å². The van der Waals surface area contributed by atoms with E-state index in [-0.39, 0.29) is 18.2 Å². The molecule has 0 bridgehead atoms. The summed E-state index contributed by atoms with van der Waals surface area (Å²) >= 11 is 0. The first kappa shape index (κ1) is 14.5. The summed E-state index contributed by atoms with van der Waals surface area (Å²) in [6, 6.07) is 12.4. The van der Waals surface area contributed by atoms with Crippen LogP contribution in [-0.4, -0.2) is 17.3 Å². The minimum atomic E-state index is -0.768. The van der Waals surface area contributed by atoms with Crippen LogP contribution in [0.25, 0.3) is 0 Å². The van der Waals surface area contributed by atoms with Crippen molar-refractivity contribution in [2.75, 3.05) is 11.9 Å². The van der Waals surface area contributed by atoms with Crippen molar-refractivity contribution >= 4 is 5.69 Å². The second-order valence-electron chi connectivity index (χ2n) is 5.13. The molecule has 2 N–H and O–H groups in total. The van der Waals surface area contributed by atoms with Crippen molar-refractivity contribution in [3.63, 3.8) is 0 Å². The Balaban J connectivity index is 2.19. The van der Waals surface area contributed by atoms with E-state index in [4.69, 9.17) is 0 Å². The topological polar surface area (TPSA) is 32.3 Å². The molecular weight excluding hydrogens is 260 g/mol. The normalized spacial score (nSPS) is 13.8. The fraction of sp³-hybridized carbons (Fsp3) is 0.250. The zero-order chi connectivity index (χ0) is 14.6. The molecule has 0 aromatic heterocycles. The van der Waals surface area contributed by atoms with Gasteiger partial charge in [0.1, 0.15) is 11.6 Å². The van der Waals surface area contributed by atoms with Crippen LogP contribution in [0.15, 0.2) is 48.5 Å². The standard InChI is InChI=1S/C16H17F2NO/c1-16(11-20,10-12-5-4-6-13(17)9-12)19-15-8-3-2-7-14(15)18/h2-9,19-20H,10-11H2,1H3. The van der Waals surface area contributed by atoms with E-state index in [2.05, 4.69) is 5.32 Å². The van der Waals surface area contributed by atoms with Gasteiger partial charge in [-0.3, -0.25) is 0 Å². The Hall–Kier alpha value is -1.94. The van der Waals surface area contributed by atoms with E-state index in [9.17, 15) is 13.9 Å². The van der Waals surface area contributed by atoms with Gasteiger partial charge in [-0.15, -0.1) is 0 Å². The van der Waals surface area contributed by atoms with Gasteiger partial charge in [-0.05, 0) is 43.2 Å². The van der Waals surface area contributed by atoms with Crippen molar-refractivity contribution in [1.29, 1.82) is 0 Å². The molecule has 0 saturated heterocycles. The molecule has 2 nitrogen and oxygen atoms in total. The van der Waals surface area contributed by atoms with E-state index in [0.717, 1.165) is 5.56 Å². The van der Waals surface area contributed by atoms with E-state index in [1.165, 1.54) is 18.2 Å². The third-order valence-corrected chi connectivity index (χ3v) is 3.14. The van der Waals surface area contributed by atoms with Crippen LogP contribution in [0, 0.1) is 11.6 Å². The summed E-state index contributed by atoms with van der Waals surface area (Å²) in [6.45, 7) is 1.57. The fourth-order valence-electron chi connectivity index (χ4n) is 2.12. The molecule has 0 aliphatic carbocycles. The Morgan fingerprint density at radius 2 is 1.85 bits per heavy atom. The van der Waals surface area contributed by atoms with E-state index < -0.39 is 5.54 Å². The van der Waals surface area contributed by atoms with Gasteiger partial charge in [-0.2, -0.15) is 0 Å². The van der Waals surface area contributed by atoms with Gasteiger partial charge >= 0.3 is 0 Å². The third kappa shape index (κ3) is 3.54. The lowest BCUT2D eigenvalue weighted by molar-refractivity contribution is 0.221. The lowest BCUT2D eigenvalue weighted by Gasteiger charge is -2.30. The van der Waals surface area contributed by atoms with Crippen molar-refractivity contribution in [2.45, 2.75) is 18.9 Å². The number of para-hydroxylation sites is 1. The molecule has 0 saturated carbocycles. The minimum absolute atomic E-state index is 0.197. The monoisotopic (exact) mass is 277 g/mol. The van der Waals surface area contributed by atoms with Crippen LogP contribution in [0.1, 0.15) is 12.5 Å². The van der Waals surface area contributed by atoms with E-state index >= 15 is 0 Å². The largest absolute Gasteiger partial charge is 0.394 e. The quantitative estimate of drug-likeness (QED) is 0.878. The third-order valence-electron chi connectivity index (χ3n) is 3.14. The lowest BCUT2D eigenvalue weighted by Crippen LogP contribution is -2.41. The Morgan fingerprint density at radius 1 is 1.10 bits per heavy atom. The number of hydrogen-bond acceptors (Lipinski definition) is 2. The van der Waals surface area contributed by atoms with Crippen LogP contribution in [0.4, 0.5) is 14.5 Å². The maximum atomic E-state index is 13.7. The maximum Gasteiger partial charge on any atom is 0.146 e. The first-order valence-corrected chi connectivity index (χ1v) is 6.40. The molecule has 0 aliphatic rings. The molecule has 106 valence electrons. The molecule has 1 unspecified atom stereocenters. The lowest BCUT2D eigenvalue weighted by atomic mass is 9.93. The molecule has 0 amide bonds. The first-order valence-electron chi connectivity index (χ1n) is 6.40. The van der Waals surface area contributed by atoms with Gasteiger partial charge < -0.3 is 10.4 Å². The molecule has 2 aromatic rings. The summed E-state index contributed by atoms with van der Waals surface area (Å²) in [7, 11) is 0. The average molecular weight is 277 g/mol. The number of benzene rings is 2. The molecule has 0 spiro atoms. The highest BCUT2D eigenvalue weighted by molar-refractivity contribution is 5.47. The highest BCUT2D eigenvalue weighted by Gasteiger charge is 2.24. The predicted octanol–water partition coefficient (Wildman–Crippen LogP) is 3.37. The molecular formula is C16H17F2NO. The van der Waals surface area contributed by atoms with Crippen LogP contribution >= 0.6 is 0 Å². The molecule has 1 atom stereocenters. The molecule has 0 fully saturated rings. The minimum Gasteiger partial charge on any atom is -0.394 e. The van der Waals surface area contributed by atoms with Crippen molar-refractivity contribution in [1.82, 2.24) is 0 Å². The van der Waals surface area contributed by atoms with Gasteiger partial charge in [-0.1, -0.05) is 24.3 Å². The molecule has 0 aliphatic heterocycles. The van der Waals surface area contributed by atoms with Gasteiger partial charge in [0, 0.05) is 0 Å². The maximum absolute atomic E-state index is 13.7. The average Bonchev–Trinajstić information content (AvgIpc) is 2.41. The highest BCUT2D eigenvalue weighted by Crippen LogP contribution is 2.22. The van der Waals surface area contributed by atoms with Gasteiger partial charge in [0.25, 0.3) is 0 Å². The molecule has 0 radical (unpaired) electrons. The fourth-order valence-corrected chi connectivity index (χ4v) is 2.12. The summed E-state index contributed by atoms with van der Waals surface area (Å²) in [5.74, 6) is -0.708. The molecule has 20 heavy (non-hydrogen) atoms. The summed E-state index contributed by atoms with van der Waals surface area (Å²) < 4.78 is 26.8. The van der Waals surface area contributed by atoms with Crippen molar-refractivity contribution < 1.29 is 13.9 Å². The van der Waals surface area contributed by atoms with Gasteiger partial charge in [0.05, 0.1) is 17.8 Å². The zero-order valence-electron chi connectivity index (χ0n) is 11.2. The summed E-state index contributed by atoms with van der Waals surface area (Å²) in [5, 5.41) is 12.6. The highest BCUT2D eigenvalue weighted by atomic mass is 19.1. The molecule has 4 heteroatoms. The number of halogens is 2. The van der Waals surface area contributed by atoms with Crippen molar-refractivity contribution in [2.24, 2.45) is 0 Å².